The second-order valence-electron chi connectivity index (χ2n) is 6.31. The largest absolute Gasteiger partial charge is 0.493 e. The van der Waals surface area contributed by atoms with E-state index in [0.717, 1.165) is 11.1 Å². The number of methoxy groups -OCH3 is 1. The lowest BCUT2D eigenvalue weighted by atomic mass is 10.2. The summed E-state index contributed by atoms with van der Waals surface area (Å²) in [6, 6.07) is 20.8. The van der Waals surface area contributed by atoms with E-state index in [1.165, 1.54) is 30.3 Å². The predicted molar refractivity (Wildman–Crippen MR) is 115 cm³/mol. The highest BCUT2D eigenvalue weighted by atomic mass is 16.6. The van der Waals surface area contributed by atoms with Crippen LogP contribution in [0.1, 0.15) is 11.1 Å². The predicted octanol–water partition coefficient (Wildman–Crippen LogP) is 4.83. The molecule has 0 saturated carbocycles. The van der Waals surface area contributed by atoms with Crippen molar-refractivity contribution >= 4 is 23.4 Å². The van der Waals surface area contributed by atoms with E-state index < -0.39 is 4.92 Å². The molecule has 3 aromatic rings. The lowest BCUT2D eigenvalue weighted by Gasteiger charge is -2.11. The highest BCUT2D eigenvalue weighted by Gasteiger charge is 2.07. The summed E-state index contributed by atoms with van der Waals surface area (Å²) in [7, 11) is 1.56. The number of carbonyl (C=O) groups excluding carboxylic acids is 1. The third kappa shape index (κ3) is 5.68. The Kier molecular flexibility index (Phi) is 6.78. The van der Waals surface area contributed by atoms with E-state index in [1.54, 1.807) is 25.3 Å². The van der Waals surface area contributed by atoms with Crippen LogP contribution in [-0.4, -0.2) is 17.9 Å². The monoisotopic (exact) mass is 404 g/mol. The van der Waals surface area contributed by atoms with Gasteiger partial charge in [-0.25, -0.2) is 0 Å². The van der Waals surface area contributed by atoms with Crippen LogP contribution in [0.15, 0.2) is 78.9 Å². The number of hydrogen-bond donors (Lipinski definition) is 1. The molecule has 30 heavy (non-hydrogen) atoms. The fourth-order valence-corrected chi connectivity index (χ4v) is 2.66. The summed E-state index contributed by atoms with van der Waals surface area (Å²) in [4.78, 5) is 22.3. The van der Waals surface area contributed by atoms with Crippen LogP contribution in [0.4, 0.5) is 11.4 Å². The maximum absolute atomic E-state index is 12.1. The first-order valence-electron chi connectivity index (χ1n) is 9.13. The van der Waals surface area contributed by atoms with Crippen molar-refractivity contribution in [3.05, 3.63) is 100 Å². The van der Waals surface area contributed by atoms with E-state index in [1.807, 2.05) is 36.4 Å². The van der Waals surface area contributed by atoms with Crippen molar-refractivity contribution in [1.82, 2.24) is 0 Å². The number of nitro benzene ring substituents is 1. The van der Waals surface area contributed by atoms with Crippen molar-refractivity contribution in [3.8, 4) is 11.5 Å². The number of anilines is 1. The van der Waals surface area contributed by atoms with Gasteiger partial charge in [0.2, 0.25) is 5.91 Å². The van der Waals surface area contributed by atoms with Gasteiger partial charge in [-0.2, -0.15) is 0 Å². The average Bonchev–Trinajstić information content (AvgIpc) is 2.77. The van der Waals surface area contributed by atoms with Crippen molar-refractivity contribution in [2.75, 3.05) is 12.4 Å². The van der Waals surface area contributed by atoms with Gasteiger partial charge in [0, 0.05) is 23.9 Å². The van der Waals surface area contributed by atoms with Crippen molar-refractivity contribution in [1.29, 1.82) is 0 Å². The van der Waals surface area contributed by atoms with Crippen LogP contribution in [0.3, 0.4) is 0 Å². The van der Waals surface area contributed by atoms with Crippen LogP contribution in [0.25, 0.3) is 6.08 Å². The molecule has 0 bridgehead atoms. The van der Waals surface area contributed by atoms with Crippen molar-refractivity contribution in [2.45, 2.75) is 6.61 Å². The Morgan fingerprint density at radius 2 is 1.77 bits per heavy atom. The van der Waals surface area contributed by atoms with Crippen LogP contribution in [0.2, 0.25) is 0 Å². The number of nitro groups is 1. The third-order valence-corrected chi connectivity index (χ3v) is 4.20. The highest BCUT2D eigenvalue weighted by molar-refractivity contribution is 6.02. The number of amides is 1. The van der Waals surface area contributed by atoms with Gasteiger partial charge in [0.05, 0.1) is 12.0 Å². The zero-order valence-electron chi connectivity index (χ0n) is 16.3. The summed E-state index contributed by atoms with van der Waals surface area (Å²) < 4.78 is 11.2. The molecule has 0 radical (unpaired) electrons. The Labute approximate surface area is 173 Å². The van der Waals surface area contributed by atoms with Crippen molar-refractivity contribution < 1.29 is 19.2 Å². The molecule has 0 aliphatic heterocycles. The van der Waals surface area contributed by atoms with Gasteiger partial charge in [0.15, 0.2) is 11.5 Å². The summed E-state index contributed by atoms with van der Waals surface area (Å²) in [6.45, 7) is 0.421. The lowest BCUT2D eigenvalue weighted by molar-refractivity contribution is -0.384. The van der Waals surface area contributed by atoms with Gasteiger partial charge in [-0.3, -0.25) is 14.9 Å². The smallest absolute Gasteiger partial charge is 0.269 e. The van der Waals surface area contributed by atoms with Gasteiger partial charge >= 0.3 is 0 Å². The third-order valence-electron chi connectivity index (χ3n) is 4.20. The molecule has 3 aromatic carbocycles. The number of rotatable bonds is 8. The molecule has 7 heteroatoms. The molecular formula is C23H20N2O5. The molecule has 0 unspecified atom stereocenters. The highest BCUT2D eigenvalue weighted by Crippen LogP contribution is 2.29. The molecule has 0 aliphatic rings. The molecule has 0 spiro atoms. The summed E-state index contributed by atoms with van der Waals surface area (Å²) in [5.41, 5.74) is 2.24. The average molecular weight is 404 g/mol. The summed E-state index contributed by atoms with van der Waals surface area (Å²) in [6.07, 6.45) is 3.02. The quantitative estimate of drug-likeness (QED) is 0.330. The van der Waals surface area contributed by atoms with Crippen LogP contribution in [0.5, 0.6) is 11.5 Å². The minimum absolute atomic E-state index is 0.0368. The molecule has 0 saturated heterocycles. The summed E-state index contributed by atoms with van der Waals surface area (Å²) in [5, 5.41) is 13.3. The Morgan fingerprint density at radius 1 is 1.03 bits per heavy atom. The number of ether oxygens (including phenoxy) is 2. The minimum Gasteiger partial charge on any atom is -0.493 e. The maximum atomic E-state index is 12.1. The molecule has 1 amide bonds. The van der Waals surface area contributed by atoms with E-state index in [9.17, 15) is 14.9 Å². The Morgan fingerprint density at radius 3 is 2.43 bits per heavy atom. The first-order valence-corrected chi connectivity index (χ1v) is 9.13. The minimum atomic E-state index is -0.494. The SMILES string of the molecule is COc1cc(/C=C/C(=O)Nc2ccc([N+](=O)[O-])cc2)ccc1OCc1ccccc1. The summed E-state index contributed by atoms with van der Waals surface area (Å²) >= 11 is 0. The maximum Gasteiger partial charge on any atom is 0.269 e. The molecule has 0 aliphatic carbocycles. The van der Waals surface area contributed by atoms with Gasteiger partial charge in [-0.15, -0.1) is 0 Å². The number of carbonyl (C=O) groups is 1. The molecule has 0 atom stereocenters. The van der Waals surface area contributed by atoms with Crippen LogP contribution in [-0.2, 0) is 11.4 Å². The Bertz CT molecular complexity index is 1050. The van der Waals surface area contributed by atoms with E-state index >= 15 is 0 Å². The van der Waals surface area contributed by atoms with Crippen LogP contribution in [0, 0.1) is 10.1 Å². The normalized spacial score (nSPS) is 10.6. The number of non-ortho nitro benzene ring substituents is 1. The first-order chi connectivity index (χ1) is 14.5. The topological polar surface area (TPSA) is 90.7 Å². The molecule has 0 aromatic heterocycles. The number of hydrogen-bond acceptors (Lipinski definition) is 5. The fourth-order valence-electron chi connectivity index (χ4n) is 2.66. The molecule has 7 nitrogen and oxygen atoms in total. The molecule has 3 rings (SSSR count). The van der Waals surface area contributed by atoms with E-state index in [4.69, 9.17) is 9.47 Å². The van der Waals surface area contributed by atoms with E-state index in [0.29, 0.717) is 23.8 Å². The van der Waals surface area contributed by atoms with E-state index in [-0.39, 0.29) is 11.6 Å². The second-order valence-corrected chi connectivity index (χ2v) is 6.31. The second kappa shape index (κ2) is 9.88. The van der Waals surface area contributed by atoms with Gasteiger partial charge in [-0.05, 0) is 41.5 Å². The fraction of sp³-hybridized carbons (Fsp3) is 0.0870. The Balaban J connectivity index is 1.61. The molecular weight excluding hydrogens is 384 g/mol. The van der Waals surface area contributed by atoms with Gasteiger partial charge in [-0.1, -0.05) is 36.4 Å². The molecule has 1 N–H and O–H groups in total. The first kappa shape index (κ1) is 20.6. The Hall–Kier alpha value is -4.13. The van der Waals surface area contributed by atoms with Crippen LogP contribution < -0.4 is 14.8 Å². The van der Waals surface area contributed by atoms with Crippen molar-refractivity contribution in [3.63, 3.8) is 0 Å². The zero-order chi connectivity index (χ0) is 21.3. The lowest BCUT2D eigenvalue weighted by Crippen LogP contribution is -2.07. The summed E-state index contributed by atoms with van der Waals surface area (Å²) in [5.74, 6) is 0.810. The molecule has 152 valence electrons. The number of nitrogens with one attached hydrogen (secondary N) is 1. The van der Waals surface area contributed by atoms with Crippen LogP contribution >= 0.6 is 0 Å². The standard InChI is InChI=1S/C23H20N2O5/c1-29-22-15-17(7-13-21(22)30-16-18-5-3-2-4-6-18)8-14-23(26)24-19-9-11-20(12-10-19)25(27)28/h2-15H,16H2,1H3,(H,24,26)/b14-8+. The van der Waals surface area contributed by atoms with Gasteiger partial charge < -0.3 is 14.8 Å². The molecule has 0 heterocycles. The van der Waals surface area contributed by atoms with Gasteiger partial charge in [0.1, 0.15) is 6.61 Å². The molecule has 0 fully saturated rings. The van der Waals surface area contributed by atoms with Crippen molar-refractivity contribution in [2.24, 2.45) is 0 Å². The van der Waals surface area contributed by atoms with E-state index in [2.05, 4.69) is 5.32 Å². The zero-order valence-corrected chi connectivity index (χ0v) is 16.3. The number of benzene rings is 3. The number of nitrogens with zero attached hydrogens (tertiary/aromatic N) is 1. The van der Waals surface area contributed by atoms with Gasteiger partial charge in [0.25, 0.3) is 5.69 Å².